The summed E-state index contributed by atoms with van der Waals surface area (Å²) in [5, 5.41) is 21.7. The Kier molecular flexibility index (Phi) is 8.60. The molecule has 0 saturated heterocycles. The molecule has 26 heavy (non-hydrogen) atoms. The highest BCUT2D eigenvalue weighted by Crippen LogP contribution is 2.37. The summed E-state index contributed by atoms with van der Waals surface area (Å²) in [4.78, 5) is 11.3. The number of hydrogen-bond donors (Lipinski definition) is 3. The maximum atomic E-state index is 11.3. The Hall–Kier alpha value is -1.39. The number of unbranched alkanes of at least 4 members (excludes halogenated alkanes) is 5. The fraction of sp³-hybridized carbons (Fsp3) is 0.682. The number of carbonyl (C=O) groups is 1. The van der Waals surface area contributed by atoms with Crippen LogP contribution in [0.25, 0.3) is 0 Å². The van der Waals surface area contributed by atoms with Crippen LogP contribution in [0.3, 0.4) is 0 Å². The second-order valence-electron chi connectivity index (χ2n) is 7.74. The largest absolute Gasteiger partial charge is 0.366 e. The Morgan fingerprint density at radius 1 is 1.19 bits per heavy atom. The molecule has 3 N–H and O–H groups in total. The van der Waals surface area contributed by atoms with E-state index in [0.717, 1.165) is 19.3 Å². The maximum absolute atomic E-state index is 11.3. The molecule has 0 bridgehead atoms. The highest BCUT2D eigenvalue weighted by molar-refractivity contribution is 5.73. The van der Waals surface area contributed by atoms with Crippen LogP contribution in [0.15, 0.2) is 18.2 Å². The molecule has 146 valence electrons. The van der Waals surface area contributed by atoms with Gasteiger partial charge in [-0.25, -0.2) is 0 Å². The van der Waals surface area contributed by atoms with Gasteiger partial charge in [0.2, 0.25) is 5.91 Å². The molecular formula is C22H35NO3. The molecule has 0 saturated carbocycles. The molecule has 0 heterocycles. The quantitative estimate of drug-likeness (QED) is 0.414. The minimum absolute atomic E-state index is 0.226. The topological polar surface area (TPSA) is 69.6 Å². The van der Waals surface area contributed by atoms with Crippen molar-refractivity contribution in [1.82, 2.24) is 5.32 Å². The Morgan fingerprint density at radius 2 is 1.92 bits per heavy atom. The van der Waals surface area contributed by atoms with Gasteiger partial charge < -0.3 is 15.5 Å². The van der Waals surface area contributed by atoms with Crippen LogP contribution in [0.2, 0.25) is 0 Å². The van der Waals surface area contributed by atoms with Gasteiger partial charge in [-0.2, -0.15) is 0 Å². The molecule has 0 spiro atoms. The van der Waals surface area contributed by atoms with Crippen molar-refractivity contribution in [3.05, 3.63) is 34.9 Å². The second-order valence-corrected chi connectivity index (χ2v) is 7.74. The molecule has 0 aromatic heterocycles. The van der Waals surface area contributed by atoms with Gasteiger partial charge in [-0.3, -0.25) is 4.79 Å². The summed E-state index contributed by atoms with van der Waals surface area (Å²) in [5.74, 6) is 0.0577. The van der Waals surface area contributed by atoms with Crippen LogP contribution < -0.4 is 5.32 Å². The average molecular weight is 362 g/mol. The van der Waals surface area contributed by atoms with Crippen molar-refractivity contribution in [2.75, 3.05) is 0 Å². The van der Waals surface area contributed by atoms with Crippen molar-refractivity contribution in [3.63, 3.8) is 0 Å². The predicted molar refractivity (Wildman–Crippen MR) is 105 cm³/mol. The van der Waals surface area contributed by atoms with Gasteiger partial charge in [0.1, 0.15) is 0 Å². The van der Waals surface area contributed by atoms with Gasteiger partial charge in [-0.1, -0.05) is 57.2 Å². The summed E-state index contributed by atoms with van der Waals surface area (Å²) in [6.07, 6.45) is 10.2. The molecule has 1 aliphatic rings. The smallest absolute Gasteiger partial charge is 0.217 e. The first-order chi connectivity index (χ1) is 12.5. The second kappa shape index (κ2) is 10.7. The van der Waals surface area contributed by atoms with Crippen molar-refractivity contribution in [2.24, 2.45) is 0 Å². The first kappa shape index (κ1) is 20.9. The van der Waals surface area contributed by atoms with E-state index in [0.29, 0.717) is 6.42 Å². The van der Waals surface area contributed by atoms with Crippen LogP contribution in [0.4, 0.5) is 0 Å². The third-order valence-electron chi connectivity index (χ3n) is 5.52. The van der Waals surface area contributed by atoms with Gasteiger partial charge in [-0.05, 0) is 54.7 Å². The lowest BCUT2D eigenvalue weighted by molar-refractivity contribution is -0.125. The third-order valence-corrected chi connectivity index (χ3v) is 5.52. The first-order valence-corrected chi connectivity index (χ1v) is 10.3. The van der Waals surface area contributed by atoms with Gasteiger partial charge in [0.25, 0.3) is 0 Å². The molecule has 4 heteroatoms. The monoisotopic (exact) mass is 361 g/mol. The van der Waals surface area contributed by atoms with Crippen molar-refractivity contribution in [2.45, 2.75) is 96.3 Å². The summed E-state index contributed by atoms with van der Waals surface area (Å²) >= 11 is 0. The molecule has 0 aliphatic heterocycles. The van der Waals surface area contributed by atoms with Crippen molar-refractivity contribution in [1.29, 1.82) is 0 Å². The summed E-state index contributed by atoms with van der Waals surface area (Å²) in [6.45, 7) is 3.66. The maximum Gasteiger partial charge on any atom is 0.217 e. The summed E-state index contributed by atoms with van der Waals surface area (Å²) in [6, 6.07) is 6.18. The van der Waals surface area contributed by atoms with E-state index in [1.54, 1.807) is 0 Å². The van der Waals surface area contributed by atoms with Crippen LogP contribution in [0.1, 0.15) is 87.8 Å². The van der Waals surface area contributed by atoms with E-state index in [1.165, 1.54) is 62.1 Å². The normalized spacial score (nSPS) is 17.3. The van der Waals surface area contributed by atoms with Crippen molar-refractivity contribution < 1.29 is 15.0 Å². The third kappa shape index (κ3) is 6.40. The van der Waals surface area contributed by atoms with Gasteiger partial charge in [0.15, 0.2) is 6.29 Å². The van der Waals surface area contributed by atoms with Crippen LogP contribution >= 0.6 is 0 Å². The predicted octanol–water partition coefficient (Wildman–Crippen LogP) is 3.82. The van der Waals surface area contributed by atoms with Crippen LogP contribution in [-0.4, -0.2) is 28.5 Å². The van der Waals surface area contributed by atoms with Gasteiger partial charge in [-0.15, -0.1) is 0 Å². The first-order valence-electron chi connectivity index (χ1n) is 10.3. The molecule has 1 amide bonds. The lowest BCUT2D eigenvalue weighted by atomic mass is 9.92. The highest BCUT2D eigenvalue weighted by Gasteiger charge is 2.28. The van der Waals surface area contributed by atoms with E-state index >= 15 is 0 Å². The molecule has 4 nitrogen and oxygen atoms in total. The van der Waals surface area contributed by atoms with E-state index in [9.17, 15) is 15.0 Å². The number of rotatable bonds is 11. The SMILES string of the molecule is CCCCCCCCc1ccc2c(c1)CCC2CC(NC(C)=O)C(O)O. The minimum atomic E-state index is -1.52. The molecule has 1 aliphatic carbocycles. The number of aryl methyl sites for hydroxylation is 2. The van der Waals surface area contributed by atoms with Gasteiger partial charge in [0.05, 0.1) is 6.04 Å². The molecule has 0 radical (unpaired) electrons. The Bertz CT molecular complexity index is 571. The number of fused-ring (bicyclic) bond motifs is 1. The van der Waals surface area contributed by atoms with E-state index in [4.69, 9.17) is 0 Å². The summed E-state index contributed by atoms with van der Waals surface area (Å²) < 4.78 is 0. The van der Waals surface area contributed by atoms with Crippen molar-refractivity contribution in [3.8, 4) is 0 Å². The average Bonchev–Trinajstić information content (AvgIpc) is 2.99. The summed E-state index contributed by atoms with van der Waals surface area (Å²) in [5.41, 5.74) is 4.13. The zero-order chi connectivity index (χ0) is 18.9. The lowest BCUT2D eigenvalue weighted by Crippen LogP contribution is -2.43. The molecule has 2 rings (SSSR count). The zero-order valence-corrected chi connectivity index (χ0v) is 16.3. The van der Waals surface area contributed by atoms with E-state index in [2.05, 4.69) is 30.4 Å². The van der Waals surface area contributed by atoms with E-state index in [-0.39, 0.29) is 11.8 Å². The van der Waals surface area contributed by atoms with Gasteiger partial charge in [0, 0.05) is 6.92 Å². The minimum Gasteiger partial charge on any atom is -0.366 e. The number of hydrogen-bond acceptors (Lipinski definition) is 3. The van der Waals surface area contributed by atoms with Crippen molar-refractivity contribution >= 4 is 5.91 Å². The molecule has 2 atom stereocenters. The Balaban J connectivity index is 1.87. The van der Waals surface area contributed by atoms with E-state index in [1.807, 2.05) is 0 Å². The number of benzene rings is 1. The molecule has 2 unspecified atom stereocenters. The van der Waals surface area contributed by atoms with Gasteiger partial charge >= 0.3 is 0 Å². The fourth-order valence-corrected chi connectivity index (χ4v) is 4.09. The van der Waals surface area contributed by atoms with Crippen LogP contribution in [-0.2, 0) is 17.6 Å². The Morgan fingerprint density at radius 3 is 2.62 bits per heavy atom. The number of amides is 1. The van der Waals surface area contributed by atoms with Crippen LogP contribution in [0.5, 0.6) is 0 Å². The van der Waals surface area contributed by atoms with Crippen LogP contribution in [0, 0.1) is 0 Å². The molecule has 1 aromatic carbocycles. The number of carbonyl (C=O) groups excluding carboxylic acids is 1. The standard InChI is InChI=1S/C22H35NO3/c1-3-4-5-6-7-8-9-17-10-13-20-18(14-17)11-12-19(20)15-21(22(25)26)23-16(2)24/h10,13-14,19,21-22,25-26H,3-9,11-12,15H2,1-2H3,(H,23,24). The molecule has 0 fully saturated rings. The van der Waals surface area contributed by atoms with E-state index < -0.39 is 12.3 Å². The Labute approximate surface area is 158 Å². The fourth-order valence-electron chi connectivity index (χ4n) is 4.09. The lowest BCUT2D eigenvalue weighted by Gasteiger charge is -2.23. The molecule has 1 aromatic rings. The number of nitrogens with one attached hydrogen (secondary N) is 1. The molecular weight excluding hydrogens is 326 g/mol. The number of aliphatic hydroxyl groups excluding tert-OH is 1. The summed E-state index contributed by atoms with van der Waals surface area (Å²) in [7, 11) is 0. The zero-order valence-electron chi connectivity index (χ0n) is 16.3. The number of aliphatic hydroxyl groups is 2. The highest BCUT2D eigenvalue weighted by atomic mass is 16.5.